The molecule has 1 aromatic heterocycles. The summed E-state index contributed by atoms with van der Waals surface area (Å²) < 4.78 is 1.52. The van der Waals surface area contributed by atoms with E-state index in [2.05, 4.69) is 17.2 Å². The van der Waals surface area contributed by atoms with Crippen LogP contribution in [-0.4, -0.2) is 22.1 Å². The minimum absolute atomic E-state index is 0.270. The maximum atomic E-state index is 11.7. The van der Waals surface area contributed by atoms with E-state index in [9.17, 15) is 4.79 Å². The standard InChI is InChI=1S/C13H16N4O/c1-13(7-4-8-15-13)11-16-9-5-2-3-6-10(9)17(11)12(14)18/h2-3,5-6,15H,4,7-8H2,1H3,(H2,14,18)/t13-/m0/s1. The van der Waals surface area contributed by atoms with Crippen molar-refractivity contribution in [3.8, 4) is 0 Å². The van der Waals surface area contributed by atoms with E-state index < -0.39 is 6.03 Å². The van der Waals surface area contributed by atoms with E-state index in [1.165, 1.54) is 4.57 Å². The monoisotopic (exact) mass is 244 g/mol. The highest BCUT2D eigenvalue weighted by Crippen LogP contribution is 2.31. The van der Waals surface area contributed by atoms with E-state index >= 15 is 0 Å². The largest absolute Gasteiger partial charge is 0.351 e. The summed E-state index contributed by atoms with van der Waals surface area (Å²) in [6, 6.07) is 7.09. The molecule has 0 radical (unpaired) electrons. The number of para-hydroxylation sites is 2. The molecule has 0 bridgehead atoms. The zero-order valence-electron chi connectivity index (χ0n) is 10.3. The van der Waals surface area contributed by atoms with Crippen LogP contribution in [-0.2, 0) is 5.54 Å². The van der Waals surface area contributed by atoms with Gasteiger partial charge in [0.2, 0.25) is 0 Å². The molecule has 1 saturated heterocycles. The Balaban J connectivity index is 2.28. The lowest BCUT2D eigenvalue weighted by Gasteiger charge is -2.23. The van der Waals surface area contributed by atoms with Gasteiger partial charge < -0.3 is 11.1 Å². The minimum Gasteiger partial charge on any atom is -0.351 e. The average Bonchev–Trinajstić information content (AvgIpc) is 2.93. The van der Waals surface area contributed by atoms with Crippen molar-refractivity contribution in [2.24, 2.45) is 5.73 Å². The molecule has 1 aliphatic heterocycles. The normalized spacial score (nSPS) is 23.6. The number of primary amides is 1. The lowest BCUT2D eigenvalue weighted by molar-refractivity contribution is 0.248. The van der Waals surface area contributed by atoms with Gasteiger partial charge in [0, 0.05) is 0 Å². The molecule has 1 aromatic carbocycles. The number of carbonyl (C=O) groups excluding carboxylic acids is 1. The number of hydrogen-bond donors (Lipinski definition) is 2. The Hall–Kier alpha value is -1.88. The van der Waals surface area contributed by atoms with Crippen molar-refractivity contribution in [1.82, 2.24) is 14.9 Å². The molecular formula is C13H16N4O. The third-order valence-electron chi connectivity index (χ3n) is 3.64. The van der Waals surface area contributed by atoms with Crippen LogP contribution in [0.5, 0.6) is 0 Å². The summed E-state index contributed by atoms with van der Waals surface area (Å²) in [6.07, 6.45) is 2.04. The number of aromatic nitrogens is 2. The van der Waals surface area contributed by atoms with E-state index in [-0.39, 0.29) is 5.54 Å². The molecule has 3 rings (SSSR count). The molecular weight excluding hydrogens is 228 g/mol. The van der Waals surface area contributed by atoms with Crippen molar-refractivity contribution < 1.29 is 4.79 Å². The van der Waals surface area contributed by atoms with Crippen molar-refractivity contribution in [2.75, 3.05) is 6.54 Å². The molecule has 2 aromatic rings. The fraction of sp³-hybridized carbons (Fsp3) is 0.385. The number of nitrogens with one attached hydrogen (secondary N) is 1. The molecule has 0 saturated carbocycles. The summed E-state index contributed by atoms with van der Waals surface area (Å²) in [5, 5.41) is 3.41. The fourth-order valence-corrected chi connectivity index (χ4v) is 2.70. The van der Waals surface area contributed by atoms with Crippen LogP contribution in [0.4, 0.5) is 4.79 Å². The second-order valence-corrected chi connectivity index (χ2v) is 4.96. The molecule has 1 aliphatic rings. The van der Waals surface area contributed by atoms with Crippen LogP contribution in [0, 0.1) is 0 Å². The predicted molar refractivity (Wildman–Crippen MR) is 69.3 cm³/mol. The Kier molecular flexibility index (Phi) is 2.38. The zero-order chi connectivity index (χ0) is 12.8. The highest BCUT2D eigenvalue weighted by atomic mass is 16.2. The van der Waals surface area contributed by atoms with E-state index in [0.717, 1.165) is 30.4 Å². The molecule has 1 atom stereocenters. The van der Waals surface area contributed by atoms with Gasteiger partial charge in [0.25, 0.3) is 0 Å². The lowest BCUT2D eigenvalue weighted by atomic mass is 9.99. The number of carbonyl (C=O) groups is 1. The number of rotatable bonds is 1. The van der Waals surface area contributed by atoms with Gasteiger partial charge in [-0.3, -0.25) is 0 Å². The Morgan fingerprint density at radius 1 is 1.50 bits per heavy atom. The molecule has 0 aliphatic carbocycles. The molecule has 1 amide bonds. The Bertz CT molecular complexity index is 610. The second kappa shape index (κ2) is 3.81. The van der Waals surface area contributed by atoms with Crippen LogP contribution in [0.2, 0.25) is 0 Å². The topological polar surface area (TPSA) is 72.9 Å². The van der Waals surface area contributed by atoms with Crippen LogP contribution < -0.4 is 11.1 Å². The van der Waals surface area contributed by atoms with Gasteiger partial charge >= 0.3 is 6.03 Å². The molecule has 2 heterocycles. The van der Waals surface area contributed by atoms with Crippen molar-refractivity contribution in [3.63, 3.8) is 0 Å². The first kappa shape index (κ1) is 11.2. The van der Waals surface area contributed by atoms with Crippen LogP contribution in [0.1, 0.15) is 25.6 Å². The predicted octanol–water partition coefficient (Wildman–Crippen LogP) is 1.56. The molecule has 5 heteroatoms. The number of amides is 1. The SMILES string of the molecule is C[C@@]1(c2nc3ccccc3n2C(N)=O)CCCN1. The van der Waals surface area contributed by atoms with Crippen LogP contribution in [0.25, 0.3) is 11.0 Å². The number of nitrogens with zero attached hydrogens (tertiary/aromatic N) is 2. The number of nitrogens with two attached hydrogens (primary N) is 1. The first-order valence-electron chi connectivity index (χ1n) is 6.15. The average molecular weight is 244 g/mol. The first-order chi connectivity index (χ1) is 8.62. The van der Waals surface area contributed by atoms with E-state index in [0.29, 0.717) is 5.82 Å². The molecule has 18 heavy (non-hydrogen) atoms. The van der Waals surface area contributed by atoms with E-state index in [1.807, 2.05) is 24.3 Å². The second-order valence-electron chi connectivity index (χ2n) is 4.96. The number of imidazole rings is 1. The summed E-state index contributed by atoms with van der Waals surface area (Å²) in [6.45, 7) is 3.01. The highest BCUT2D eigenvalue weighted by molar-refractivity contribution is 5.89. The van der Waals surface area contributed by atoms with Crippen LogP contribution in [0.15, 0.2) is 24.3 Å². The van der Waals surface area contributed by atoms with Crippen molar-refractivity contribution in [1.29, 1.82) is 0 Å². The van der Waals surface area contributed by atoms with E-state index in [1.54, 1.807) is 0 Å². The Morgan fingerprint density at radius 3 is 2.94 bits per heavy atom. The fourth-order valence-electron chi connectivity index (χ4n) is 2.70. The summed E-state index contributed by atoms with van der Waals surface area (Å²) >= 11 is 0. The third kappa shape index (κ3) is 1.51. The van der Waals surface area contributed by atoms with Gasteiger partial charge in [-0.05, 0) is 38.4 Å². The third-order valence-corrected chi connectivity index (χ3v) is 3.64. The Morgan fingerprint density at radius 2 is 2.28 bits per heavy atom. The van der Waals surface area contributed by atoms with Crippen LogP contribution in [0.3, 0.4) is 0 Å². The molecule has 0 unspecified atom stereocenters. The summed E-state index contributed by atoms with van der Waals surface area (Å²) in [5.41, 5.74) is 6.82. The van der Waals surface area contributed by atoms with Gasteiger partial charge in [-0.1, -0.05) is 12.1 Å². The van der Waals surface area contributed by atoms with Crippen molar-refractivity contribution in [3.05, 3.63) is 30.1 Å². The summed E-state index contributed by atoms with van der Waals surface area (Å²) in [4.78, 5) is 16.3. The smallest absolute Gasteiger partial charge is 0.324 e. The lowest BCUT2D eigenvalue weighted by Crippen LogP contribution is -2.38. The van der Waals surface area contributed by atoms with Crippen molar-refractivity contribution in [2.45, 2.75) is 25.3 Å². The first-order valence-corrected chi connectivity index (χ1v) is 6.15. The Labute approximate surface area is 105 Å². The summed E-state index contributed by atoms with van der Waals surface area (Å²) in [7, 11) is 0. The minimum atomic E-state index is -0.478. The van der Waals surface area contributed by atoms with Crippen LogP contribution >= 0.6 is 0 Å². The maximum Gasteiger partial charge on any atom is 0.324 e. The quantitative estimate of drug-likeness (QED) is 0.799. The molecule has 5 nitrogen and oxygen atoms in total. The number of benzene rings is 1. The zero-order valence-corrected chi connectivity index (χ0v) is 10.3. The van der Waals surface area contributed by atoms with Gasteiger partial charge in [0.1, 0.15) is 5.82 Å². The van der Waals surface area contributed by atoms with Crippen molar-refractivity contribution >= 4 is 17.1 Å². The number of fused-ring (bicyclic) bond motifs is 1. The maximum absolute atomic E-state index is 11.7. The molecule has 3 N–H and O–H groups in total. The van der Waals surface area contributed by atoms with Gasteiger partial charge in [0.05, 0.1) is 16.6 Å². The number of hydrogen-bond acceptors (Lipinski definition) is 3. The van der Waals surface area contributed by atoms with E-state index in [4.69, 9.17) is 5.73 Å². The van der Waals surface area contributed by atoms with Gasteiger partial charge in [-0.2, -0.15) is 0 Å². The molecule has 1 fully saturated rings. The summed E-state index contributed by atoms with van der Waals surface area (Å²) in [5.74, 6) is 0.716. The van der Waals surface area contributed by atoms with Gasteiger partial charge in [0.15, 0.2) is 0 Å². The van der Waals surface area contributed by atoms with Gasteiger partial charge in [-0.25, -0.2) is 14.3 Å². The van der Waals surface area contributed by atoms with Gasteiger partial charge in [-0.15, -0.1) is 0 Å². The molecule has 94 valence electrons. The molecule has 0 spiro atoms. The highest BCUT2D eigenvalue weighted by Gasteiger charge is 2.36.